The average Bonchev–Trinajstić information content (AvgIpc) is 2.47. The van der Waals surface area contributed by atoms with Crippen LogP contribution >= 0.6 is 0 Å². The number of nitrogens with one attached hydrogen (secondary N) is 1. The van der Waals surface area contributed by atoms with Crippen molar-refractivity contribution in [3.63, 3.8) is 0 Å². The van der Waals surface area contributed by atoms with Crippen molar-refractivity contribution in [2.45, 2.75) is 33.4 Å². The summed E-state index contributed by atoms with van der Waals surface area (Å²) in [4.78, 5) is 7.42. The number of hydrogen-bond donors (Lipinski definition) is 1. The zero-order valence-corrected chi connectivity index (χ0v) is 12.7. The summed E-state index contributed by atoms with van der Waals surface area (Å²) in [5.41, 5.74) is 6.64. The molecule has 0 radical (unpaired) electrons. The van der Waals surface area contributed by atoms with Crippen LogP contribution in [0, 0.1) is 6.92 Å². The summed E-state index contributed by atoms with van der Waals surface area (Å²) >= 11 is 0. The molecule has 0 fully saturated rings. The number of fused-ring (bicyclic) bond motifs is 2. The van der Waals surface area contributed by atoms with E-state index < -0.39 is 0 Å². The van der Waals surface area contributed by atoms with Crippen molar-refractivity contribution in [2.75, 3.05) is 20.1 Å². The van der Waals surface area contributed by atoms with Gasteiger partial charge in [-0.15, -0.1) is 0 Å². The summed E-state index contributed by atoms with van der Waals surface area (Å²) in [6.45, 7) is 8.60. The first kappa shape index (κ1) is 13.5. The van der Waals surface area contributed by atoms with E-state index in [4.69, 9.17) is 4.98 Å². The summed E-state index contributed by atoms with van der Waals surface area (Å²) in [6, 6.07) is 6.60. The Balaban J connectivity index is 2.21. The molecule has 0 bridgehead atoms. The normalized spacial score (nSPS) is 15.6. The van der Waals surface area contributed by atoms with E-state index in [1.165, 1.54) is 27.8 Å². The van der Waals surface area contributed by atoms with Gasteiger partial charge in [-0.3, -0.25) is 9.88 Å². The fourth-order valence-electron chi connectivity index (χ4n) is 3.15. The fourth-order valence-corrected chi connectivity index (χ4v) is 3.15. The summed E-state index contributed by atoms with van der Waals surface area (Å²) in [5, 5.41) is 4.65. The van der Waals surface area contributed by atoms with Gasteiger partial charge in [-0.2, -0.15) is 0 Å². The third-order valence-electron chi connectivity index (χ3n) is 4.29. The van der Waals surface area contributed by atoms with Crippen molar-refractivity contribution in [3.8, 4) is 0 Å². The Kier molecular flexibility index (Phi) is 3.72. The van der Waals surface area contributed by atoms with Crippen molar-refractivity contribution in [1.29, 1.82) is 0 Å². The van der Waals surface area contributed by atoms with Crippen LogP contribution in [0.1, 0.15) is 29.3 Å². The number of aryl methyl sites for hydroxylation is 1. The third-order valence-corrected chi connectivity index (χ3v) is 4.29. The standard InChI is InChI=1S/C17H23N3/c1-4-20-8-7-17-15(11-20)14(10-18-3)13-9-12(2)5-6-16(13)19-17/h5-6,9,18H,4,7-8,10-11H2,1-3H3. The van der Waals surface area contributed by atoms with Crippen molar-refractivity contribution in [2.24, 2.45) is 0 Å². The maximum absolute atomic E-state index is 4.91. The number of benzene rings is 1. The number of aromatic nitrogens is 1. The van der Waals surface area contributed by atoms with Gasteiger partial charge >= 0.3 is 0 Å². The summed E-state index contributed by atoms with van der Waals surface area (Å²) in [6.07, 6.45) is 1.07. The first-order chi connectivity index (χ1) is 9.72. The number of hydrogen-bond acceptors (Lipinski definition) is 3. The molecule has 0 spiro atoms. The molecule has 1 aliphatic heterocycles. The van der Waals surface area contributed by atoms with Gasteiger partial charge in [0.05, 0.1) is 5.52 Å². The van der Waals surface area contributed by atoms with Crippen LogP contribution in [0.2, 0.25) is 0 Å². The Morgan fingerprint density at radius 3 is 2.95 bits per heavy atom. The lowest BCUT2D eigenvalue weighted by Crippen LogP contribution is -2.32. The van der Waals surface area contributed by atoms with Crippen LogP contribution in [-0.2, 0) is 19.5 Å². The SMILES string of the molecule is CCN1CCc2nc3ccc(C)cc3c(CNC)c2C1. The van der Waals surface area contributed by atoms with E-state index in [1.54, 1.807) is 0 Å². The summed E-state index contributed by atoms with van der Waals surface area (Å²) in [5.74, 6) is 0. The van der Waals surface area contributed by atoms with E-state index in [9.17, 15) is 0 Å². The number of nitrogens with zero attached hydrogens (tertiary/aromatic N) is 2. The monoisotopic (exact) mass is 269 g/mol. The van der Waals surface area contributed by atoms with Crippen LogP contribution in [0.25, 0.3) is 10.9 Å². The highest BCUT2D eigenvalue weighted by Gasteiger charge is 2.21. The molecule has 3 heteroatoms. The second-order valence-electron chi connectivity index (χ2n) is 5.69. The fraction of sp³-hybridized carbons (Fsp3) is 0.471. The first-order valence-electron chi connectivity index (χ1n) is 7.51. The predicted molar refractivity (Wildman–Crippen MR) is 83.9 cm³/mol. The maximum Gasteiger partial charge on any atom is 0.0708 e. The smallest absolute Gasteiger partial charge is 0.0708 e. The van der Waals surface area contributed by atoms with E-state index in [2.05, 4.69) is 42.3 Å². The van der Waals surface area contributed by atoms with Gasteiger partial charge in [0.1, 0.15) is 0 Å². The van der Waals surface area contributed by atoms with Gasteiger partial charge < -0.3 is 5.32 Å². The van der Waals surface area contributed by atoms with Gasteiger partial charge in [-0.1, -0.05) is 18.6 Å². The highest BCUT2D eigenvalue weighted by molar-refractivity contribution is 5.84. The largest absolute Gasteiger partial charge is 0.316 e. The molecular formula is C17H23N3. The minimum absolute atomic E-state index is 0.919. The molecular weight excluding hydrogens is 246 g/mol. The highest BCUT2D eigenvalue weighted by atomic mass is 15.1. The lowest BCUT2D eigenvalue weighted by molar-refractivity contribution is 0.265. The van der Waals surface area contributed by atoms with Gasteiger partial charge in [0.15, 0.2) is 0 Å². The Hall–Kier alpha value is -1.45. The Bertz CT molecular complexity index is 634. The first-order valence-corrected chi connectivity index (χ1v) is 7.51. The predicted octanol–water partition coefficient (Wildman–Crippen LogP) is 2.64. The molecule has 0 saturated heterocycles. The van der Waals surface area contributed by atoms with Gasteiger partial charge in [0.25, 0.3) is 0 Å². The molecule has 3 rings (SSSR count). The van der Waals surface area contributed by atoms with Gasteiger partial charge in [-0.25, -0.2) is 0 Å². The molecule has 2 heterocycles. The third kappa shape index (κ3) is 2.32. The van der Waals surface area contributed by atoms with E-state index >= 15 is 0 Å². The molecule has 0 unspecified atom stereocenters. The molecule has 1 aromatic heterocycles. The number of pyridine rings is 1. The zero-order valence-electron chi connectivity index (χ0n) is 12.7. The minimum atomic E-state index is 0.919. The molecule has 1 aromatic carbocycles. The molecule has 0 saturated carbocycles. The van der Waals surface area contributed by atoms with E-state index in [0.29, 0.717) is 0 Å². The van der Waals surface area contributed by atoms with Crippen LogP contribution < -0.4 is 5.32 Å². The summed E-state index contributed by atoms with van der Waals surface area (Å²) in [7, 11) is 2.02. The van der Waals surface area contributed by atoms with Crippen molar-refractivity contribution < 1.29 is 0 Å². The topological polar surface area (TPSA) is 28.2 Å². The van der Waals surface area contributed by atoms with Crippen LogP contribution in [0.4, 0.5) is 0 Å². The molecule has 0 aliphatic carbocycles. The Labute approximate surface area is 121 Å². The number of likely N-dealkylation sites (N-methyl/N-ethyl adjacent to an activating group) is 1. The van der Waals surface area contributed by atoms with E-state index in [-0.39, 0.29) is 0 Å². The zero-order chi connectivity index (χ0) is 14.1. The van der Waals surface area contributed by atoms with E-state index in [1.807, 2.05) is 7.05 Å². The lowest BCUT2D eigenvalue weighted by Gasteiger charge is -2.29. The van der Waals surface area contributed by atoms with Crippen molar-refractivity contribution >= 4 is 10.9 Å². The van der Waals surface area contributed by atoms with Gasteiger partial charge in [0.2, 0.25) is 0 Å². The van der Waals surface area contributed by atoms with Crippen LogP contribution in [0.15, 0.2) is 18.2 Å². The molecule has 3 nitrogen and oxygen atoms in total. The lowest BCUT2D eigenvalue weighted by atomic mass is 9.95. The van der Waals surface area contributed by atoms with Crippen LogP contribution in [0.5, 0.6) is 0 Å². The van der Waals surface area contributed by atoms with Crippen LogP contribution in [-0.4, -0.2) is 30.0 Å². The second-order valence-corrected chi connectivity index (χ2v) is 5.69. The highest BCUT2D eigenvalue weighted by Crippen LogP contribution is 2.28. The molecule has 2 aromatic rings. The van der Waals surface area contributed by atoms with Gasteiger partial charge in [0, 0.05) is 37.1 Å². The summed E-state index contributed by atoms with van der Waals surface area (Å²) < 4.78 is 0. The van der Waals surface area contributed by atoms with E-state index in [0.717, 1.165) is 38.1 Å². The maximum atomic E-state index is 4.91. The molecule has 1 N–H and O–H groups in total. The molecule has 1 aliphatic rings. The molecule has 0 atom stereocenters. The quantitative estimate of drug-likeness (QED) is 0.928. The average molecular weight is 269 g/mol. The molecule has 0 amide bonds. The Morgan fingerprint density at radius 1 is 1.35 bits per heavy atom. The van der Waals surface area contributed by atoms with Crippen molar-refractivity contribution in [3.05, 3.63) is 40.6 Å². The van der Waals surface area contributed by atoms with Crippen LogP contribution in [0.3, 0.4) is 0 Å². The van der Waals surface area contributed by atoms with Crippen molar-refractivity contribution in [1.82, 2.24) is 15.2 Å². The molecule has 20 heavy (non-hydrogen) atoms. The Morgan fingerprint density at radius 2 is 2.20 bits per heavy atom. The number of rotatable bonds is 3. The second kappa shape index (κ2) is 5.51. The molecule has 106 valence electrons. The van der Waals surface area contributed by atoms with Gasteiger partial charge in [-0.05, 0) is 43.8 Å². The minimum Gasteiger partial charge on any atom is -0.316 e.